The van der Waals surface area contributed by atoms with E-state index in [1.54, 1.807) is 0 Å². The Morgan fingerprint density at radius 2 is 2.11 bits per heavy atom. The Morgan fingerprint density at radius 1 is 1.37 bits per heavy atom. The average molecular weight is 258 g/mol. The number of hydrogen-bond acceptors (Lipinski definition) is 2. The minimum atomic E-state index is -0.790. The van der Waals surface area contributed by atoms with Crippen molar-refractivity contribution in [3.63, 3.8) is 0 Å². The molecule has 2 aromatic rings. The van der Waals surface area contributed by atoms with Crippen molar-refractivity contribution >= 4 is 5.97 Å². The second-order valence-corrected chi connectivity index (χ2v) is 4.81. The first-order valence-electron chi connectivity index (χ1n) is 6.30. The minimum absolute atomic E-state index is 0.116. The van der Waals surface area contributed by atoms with Gasteiger partial charge in [0.2, 0.25) is 0 Å². The molecule has 0 aliphatic carbocycles. The lowest BCUT2D eigenvalue weighted by molar-refractivity contribution is -0.136. The Hall–Kier alpha value is -2.10. The van der Waals surface area contributed by atoms with Gasteiger partial charge in [0.05, 0.1) is 17.8 Å². The molecule has 100 valence electrons. The Balaban J connectivity index is 2.39. The molecule has 0 spiro atoms. The molecule has 1 N–H and O–H groups in total. The van der Waals surface area contributed by atoms with Gasteiger partial charge < -0.3 is 5.11 Å². The summed E-state index contributed by atoms with van der Waals surface area (Å²) in [5.74, 6) is -0.790. The quantitative estimate of drug-likeness (QED) is 0.917. The molecule has 0 atom stereocenters. The molecule has 0 aliphatic rings. The van der Waals surface area contributed by atoms with Gasteiger partial charge in [-0.15, -0.1) is 0 Å². The molecule has 0 radical (unpaired) electrons. The summed E-state index contributed by atoms with van der Waals surface area (Å²) in [6, 6.07) is 8.25. The van der Waals surface area contributed by atoms with Crippen LogP contribution in [0.25, 0.3) is 11.3 Å². The van der Waals surface area contributed by atoms with Gasteiger partial charge in [-0.25, -0.2) is 0 Å². The fourth-order valence-corrected chi connectivity index (χ4v) is 2.34. The Bertz CT molecular complexity index is 615. The molecule has 4 heteroatoms. The third-order valence-electron chi connectivity index (χ3n) is 3.25. The van der Waals surface area contributed by atoms with Crippen molar-refractivity contribution in [3.8, 4) is 11.3 Å². The lowest BCUT2D eigenvalue weighted by Gasteiger charge is -2.05. The van der Waals surface area contributed by atoms with E-state index in [1.807, 2.05) is 24.7 Å². The van der Waals surface area contributed by atoms with E-state index in [1.165, 1.54) is 5.56 Å². The summed E-state index contributed by atoms with van der Waals surface area (Å²) in [5, 5.41) is 13.2. The van der Waals surface area contributed by atoms with Crippen molar-refractivity contribution in [2.75, 3.05) is 0 Å². The number of carbonyl (C=O) groups is 1. The molecule has 2 rings (SSSR count). The number of carboxylic acids is 1. The maximum atomic E-state index is 10.7. The van der Waals surface area contributed by atoms with E-state index in [-0.39, 0.29) is 6.42 Å². The summed E-state index contributed by atoms with van der Waals surface area (Å²) in [4.78, 5) is 10.7. The number of aliphatic carboxylic acids is 1. The van der Waals surface area contributed by atoms with E-state index in [0.717, 1.165) is 22.5 Å². The highest BCUT2D eigenvalue weighted by Gasteiger charge is 2.14. The fraction of sp³-hybridized carbons (Fsp3) is 0.333. The molecular weight excluding hydrogens is 240 g/mol. The van der Waals surface area contributed by atoms with Crippen LogP contribution in [-0.2, 0) is 18.3 Å². The third-order valence-corrected chi connectivity index (χ3v) is 3.25. The second kappa shape index (κ2) is 5.26. The second-order valence-electron chi connectivity index (χ2n) is 4.81. The summed E-state index contributed by atoms with van der Waals surface area (Å²) >= 11 is 0. The van der Waals surface area contributed by atoms with E-state index in [0.29, 0.717) is 6.42 Å². The molecule has 4 nitrogen and oxygen atoms in total. The molecule has 1 aromatic heterocycles. The monoisotopic (exact) mass is 258 g/mol. The lowest BCUT2D eigenvalue weighted by atomic mass is 10.0. The van der Waals surface area contributed by atoms with Crippen LogP contribution in [0.2, 0.25) is 0 Å². The number of hydrogen-bond donors (Lipinski definition) is 1. The number of rotatable bonds is 4. The number of nitrogens with zero attached hydrogens (tertiary/aromatic N) is 2. The summed E-state index contributed by atoms with van der Waals surface area (Å²) in [6.07, 6.45) is 0.589. The normalized spacial score (nSPS) is 10.7. The van der Waals surface area contributed by atoms with Gasteiger partial charge in [0.15, 0.2) is 0 Å². The van der Waals surface area contributed by atoms with Crippen molar-refractivity contribution in [2.45, 2.75) is 26.7 Å². The van der Waals surface area contributed by atoms with Crippen LogP contribution in [-0.4, -0.2) is 20.9 Å². The molecule has 1 heterocycles. The van der Waals surface area contributed by atoms with Crippen molar-refractivity contribution in [1.29, 1.82) is 0 Å². The van der Waals surface area contributed by atoms with E-state index in [4.69, 9.17) is 5.11 Å². The zero-order valence-electron chi connectivity index (χ0n) is 11.5. The smallest absolute Gasteiger partial charge is 0.303 e. The molecular formula is C15H18N2O2. The first-order chi connectivity index (χ1) is 8.99. The molecule has 19 heavy (non-hydrogen) atoms. The van der Waals surface area contributed by atoms with Gasteiger partial charge in [-0.05, 0) is 25.5 Å². The third kappa shape index (κ3) is 2.84. The minimum Gasteiger partial charge on any atom is -0.481 e. The van der Waals surface area contributed by atoms with Crippen LogP contribution in [0, 0.1) is 13.8 Å². The first-order valence-corrected chi connectivity index (χ1v) is 6.30. The largest absolute Gasteiger partial charge is 0.481 e. The van der Waals surface area contributed by atoms with Crippen LogP contribution >= 0.6 is 0 Å². The highest BCUT2D eigenvalue weighted by Crippen LogP contribution is 2.26. The van der Waals surface area contributed by atoms with Crippen molar-refractivity contribution in [2.24, 2.45) is 7.05 Å². The molecule has 0 unspecified atom stereocenters. The topological polar surface area (TPSA) is 55.1 Å². The van der Waals surface area contributed by atoms with Gasteiger partial charge in [0, 0.05) is 19.0 Å². The molecule has 0 saturated heterocycles. The van der Waals surface area contributed by atoms with Crippen LogP contribution in [0.4, 0.5) is 0 Å². The fourth-order valence-electron chi connectivity index (χ4n) is 2.34. The Morgan fingerprint density at radius 3 is 2.74 bits per heavy atom. The van der Waals surface area contributed by atoms with Gasteiger partial charge in [0.1, 0.15) is 0 Å². The molecule has 0 amide bonds. The number of carboxylic acid groups (broad SMARTS) is 1. The van der Waals surface area contributed by atoms with Gasteiger partial charge in [0.25, 0.3) is 0 Å². The maximum Gasteiger partial charge on any atom is 0.303 e. The van der Waals surface area contributed by atoms with E-state index in [2.05, 4.69) is 30.2 Å². The highest BCUT2D eigenvalue weighted by atomic mass is 16.4. The van der Waals surface area contributed by atoms with Crippen LogP contribution in [0.5, 0.6) is 0 Å². The SMILES string of the molecule is Cc1cccc(-c2c(C)c(CCC(=O)O)nn2C)c1. The molecule has 0 saturated carbocycles. The van der Waals surface area contributed by atoms with Gasteiger partial charge in [-0.1, -0.05) is 23.8 Å². The lowest BCUT2D eigenvalue weighted by Crippen LogP contribution is -1.99. The Kier molecular flexibility index (Phi) is 3.69. The summed E-state index contributed by atoms with van der Waals surface area (Å²) in [6.45, 7) is 4.06. The first kappa shape index (κ1) is 13.3. The summed E-state index contributed by atoms with van der Waals surface area (Å²) in [5.41, 5.74) is 5.30. The van der Waals surface area contributed by atoms with Crippen LogP contribution in [0.1, 0.15) is 23.2 Å². The standard InChI is InChI=1S/C15H18N2O2/c1-10-5-4-6-12(9-10)15-11(2)13(16-17(15)3)7-8-14(18)19/h4-6,9H,7-8H2,1-3H3,(H,18,19). The van der Waals surface area contributed by atoms with Crippen molar-refractivity contribution < 1.29 is 9.90 Å². The summed E-state index contributed by atoms with van der Waals surface area (Å²) in [7, 11) is 1.90. The zero-order chi connectivity index (χ0) is 14.0. The van der Waals surface area contributed by atoms with Crippen LogP contribution < -0.4 is 0 Å². The molecule has 0 bridgehead atoms. The summed E-state index contributed by atoms with van der Waals surface area (Å²) < 4.78 is 1.83. The van der Waals surface area contributed by atoms with Gasteiger partial charge in [-0.3, -0.25) is 9.48 Å². The molecule has 0 fully saturated rings. The van der Waals surface area contributed by atoms with E-state index >= 15 is 0 Å². The van der Waals surface area contributed by atoms with E-state index in [9.17, 15) is 4.79 Å². The number of aromatic nitrogens is 2. The predicted molar refractivity (Wildman–Crippen MR) is 74.1 cm³/mol. The molecule has 0 aliphatic heterocycles. The predicted octanol–water partition coefficient (Wildman–Crippen LogP) is 2.72. The van der Waals surface area contributed by atoms with Crippen LogP contribution in [0.3, 0.4) is 0 Å². The van der Waals surface area contributed by atoms with Gasteiger partial charge >= 0.3 is 5.97 Å². The zero-order valence-corrected chi connectivity index (χ0v) is 11.5. The van der Waals surface area contributed by atoms with E-state index < -0.39 is 5.97 Å². The van der Waals surface area contributed by atoms with Gasteiger partial charge in [-0.2, -0.15) is 5.10 Å². The van der Waals surface area contributed by atoms with Crippen molar-refractivity contribution in [3.05, 3.63) is 41.1 Å². The number of aryl methyl sites for hydroxylation is 3. The average Bonchev–Trinajstić information content (AvgIpc) is 2.62. The highest BCUT2D eigenvalue weighted by molar-refractivity contribution is 5.68. The van der Waals surface area contributed by atoms with Crippen molar-refractivity contribution in [1.82, 2.24) is 9.78 Å². The number of benzene rings is 1. The molecule has 1 aromatic carbocycles. The maximum absolute atomic E-state index is 10.7. The Labute approximate surface area is 112 Å². The van der Waals surface area contributed by atoms with Crippen LogP contribution in [0.15, 0.2) is 24.3 Å².